The van der Waals surface area contributed by atoms with E-state index in [-0.39, 0.29) is 5.91 Å². The Morgan fingerprint density at radius 1 is 1.28 bits per heavy atom. The van der Waals surface area contributed by atoms with Crippen LogP contribution < -0.4 is 11.1 Å². The first kappa shape index (κ1) is 14.5. The summed E-state index contributed by atoms with van der Waals surface area (Å²) in [4.78, 5) is 15.6. The fraction of sp³-hybridized carbons (Fsp3) is 0.571. The highest BCUT2D eigenvalue weighted by Gasteiger charge is 2.07. The number of hydrogen-bond acceptors (Lipinski definition) is 3. The van der Waals surface area contributed by atoms with Crippen molar-refractivity contribution in [3.63, 3.8) is 0 Å². The lowest BCUT2D eigenvalue weighted by Crippen LogP contribution is -2.25. The van der Waals surface area contributed by atoms with Crippen LogP contribution in [0.3, 0.4) is 0 Å². The highest BCUT2D eigenvalue weighted by atomic mass is 16.1. The Bertz CT molecular complexity index is 366. The van der Waals surface area contributed by atoms with E-state index in [0.29, 0.717) is 17.8 Å². The van der Waals surface area contributed by atoms with Crippen LogP contribution >= 0.6 is 0 Å². The van der Waals surface area contributed by atoms with Crippen molar-refractivity contribution in [2.75, 3.05) is 12.3 Å². The number of rotatable bonds is 8. The molecule has 100 valence electrons. The van der Waals surface area contributed by atoms with Crippen LogP contribution in [0.4, 0.5) is 5.69 Å². The van der Waals surface area contributed by atoms with Crippen molar-refractivity contribution in [3.05, 3.63) is 24.0 Å². The third-order valence-electron chi connectivity index (χ3n) is 2.91. The van der Waals surface area contributed by atoms with Gasteiger partial charge in [0, 0.05) is 12.7 Å². The number of carbonyl (C=O) groups excluding carboxylic acids is 1. The van der Waals surface area contributed by atoms with Gasteiger partial charge in [-0.3, -0.25) is 9.78 Å². The van der Waals surface area contributed by atoms with E-state index >= 15 is 0 Å². The molecular formula is C14H23N3O. The zero-order chi connectivity index (χ0) is 13.2. The summed E-state index contributed by atoms with van der Waals surface area (Å²) in [5, 5.41) is 2.88. The van der Waals surface area contributed by atoms with Crippen molar-refractivity contribution < 1.29 is 4.79 Å². The first-order valence-corrected chi connectivity index (χ1v) is 6.73. The van der Waals surface area contributed by atoms with E-state index in [1.54, 1.807) is 12.3 Å². The van der Waals surface area contributed by atoms with E-state index in [2.05, 4.69) is 17.2 Å². The molecule has 0 saturated carbocycles. The van der Waals surface area contributed by atoms with Gasteiger partial charge in [-0.15, -0.1) is 0 Å². The number of aromatic nitrogens is 1. The molecule has 0 saturated heterocycles. The summed E-state index contributed by atoms with van der Waals surface area (Å²) in [6.07, 6.45) is 10.4. The molecule has 0 fully saturated rings. The summed E-state index contributed by atoms with van der Waals surface area (Å²) in [5.74, 6) is -0.108. The first-order valence-electron chi connectivity index (χ1n) is 6.73. The van der Waals surface area contributed by atoms with E-state index in [0.717, 1.165) is 6.42 Å². The summed E-state index contributed by atoms with van der Waals surface area (Å²) in [5.41, 5.74) is 6.62. The minimum Gasteiger partial charge on any atom is -0.397 e. The van der Waals surface area contributed by atoms with Crippen LogP contribution in [-0.2, 0) is 0 Å². The van der Waals surface area contributed by atoms with Crippen LogP contribution in [0, 0.1) is 0 Å². The standard InChI is InChI=1S/C14H23N3O/c1-2-3-4-5-6-7-9-17-14(18)12-8-10-16-11-13(12)15/h8,10-11H,2-7,9,15H2,1H3,(H,17,18). The highest BCUT2D eigenvalue weighted by Crippen LogP contribution is 2.08. The molecule has 0 radical (unpaired) electrons. The smallest absolute Gasteiger partial charge is 0.253 e. The van der Waals surface area contributed by atoms with Gasteiger partial charge in [-0.2, -0.15) is 0 Å². The molecule has 1 heterocycles. The van der Waals surface area contributed by atoms with Gasteiger partial charge in [0.2, 0.25) is 0 Å². The van der Waals surface area contributed by atoms with Crippen LogP contribution in [0.25, 0.3) is 0 Å². The summed E-state index contributed by atoms with van der Waals surface area (Å²) >= 11 is 0. The fourth-order valence-electron chi connectivity index (χ4n) is 1.82. The molecule has 0 aliphatic heterocycles. The normalized spacial score (nSPS) is 10.3. The molecule has 0 unspecified atom stereocenters. The Hall–Kier alpha value is -1.58. The quantitative estimate of drug-likeness (QED) is 0.696. The summed E-state index contributed by atoms with van der Waals surface area (Å²) in [6.45, 7) is 2.92. The molecular weight excluding hydrogens is 226 g/mol. The Balaban J connectivity index is 2.16. The number of unbranched alkanes of at least 4 members (excludes halogenated alkanes) is 5. The Labute approximate surface area is 109 Å². The molecule has 0 bridgehead atoms. The second-order valence-electron chi connectivity index (χ2n) is 4.49. The zero-order valence-electron chi connectivity index (χ0n) is 11.1. The first-order chi connectivity index (χ1) is 8.75. The van der Waals surface area contributed by atoms with Crippen molar-refractivity contribution >= 4 is 11.6 Å². The van der Waals surface area contributed by atoms with Crippen LogP contribution in [0.15, 0.2) is 18.5 Å². The molecule has 4 nitrogen and oxygen atoms in total. The van der Waals surface area contributed by atoms with E-state index in [1.807, 2.05) is 0 Å². The van der Waals surface area contributed by atoms with Gasteiger partial charge < -0.3 is 11.1 Å². The number of nitrogens with two attached hydrogens (primary N) is 1. The van der Waals surface area contributed by atoms with Crippen LogP contribution in [0.5, 0.6) is 0 Å². The Morgan fingerprint density at radius 2 is 2.00 bits per heavy atom. The largest absolute Gasteiger partial charge is 0.397 e. The second kappa shape index (κ2) is 8.50. The van der Waals surface area contributed by atoms with E-state index in [4.69, 9.17) is 5.73 Å². The summed E-state index contributed by atoms with van der Waals surface area (Å²) < 4.78 is 0. The average Bonchev–Trinajstić information content (AvgIpc) is 2.38. The Morgan fingerprint density at radius 3 is 2.72 bits per heavy atom. The van der Waals surface area contributed by atoms with Gasteiger partial charge in [0.1, 0.15) is 0 Å². The third-order valence-corrected chi connectivity index (χ3v) is 2.91. The molecule has 18 heavy (non-hydrogen) atoms. The summed E-state index contributed by atoms with van der Waals surface area (Å²) in [7, 11) is 0. The number of anilines is 1. The maximum Gasteiger partial charge on any atom is 0.253 e. The molecule has 0 aliphatic carbocycles. The molecule has 0 aromatic carbocycles. The number of carbonyl (C=O) groups is 1. The van der Waals surface area contributed by atoms with Gasteiger partial charge in [0.15, 0.2) is 0 Å². The lowest BCUT2D eigenvalue weighted by molar-refractivity contribution is 0.0953. The van der Waals surface area contributed by atoms with Crippen molar-refractivity contribution in [1.29, 1.82) is 0 Å². The number of hydrogen-bond donors (Lipinski definition) is 2. The van der Waals surface area contributed by atoms with E-state index < -0.39 is 0 Å². The molecule has 1 amide bonds. The number of nitrogens with zero attached hydrogens (tertiary/aromatic N) is 1. The fourth-order valence-corrected chi connectivity index (χ4v) is 1.82. The van der Waals surface area contributed by atoms with Crippen LogP contribution in [0.1, 0.15) is 55.8 Å². The lowest BCUT2D eigenvalue weighted by atomic mass is 10.1. The Kier molecular flexibility index (Phi) is 6.84. The SMILES string of the molecule is CCCCCCCCNC(=O)c1ccncc1N. The predicted octanol–water partition coefficient (Wildman–Crippen LogP) is 2.75. The van der Waals surface area contributed by atoms with Gasteiger partial charge in [0.05, 0.1) is 17.4 Å². The maximum absolute atomic E-state index is 11.8. The molecule has 4 heteroatoms. The minimum absolute atomic E-state index is 0.108. The number of nitrogens with one attached hydrogen (secondary N) is 1. The lowest BCUT2D eigenvalue weighted by Gasteiger charge is -2.06. The number of nitrogen functional groups attached to an aromatic ring is 1. The van der Waals surface area contributed by atoms with Crippen molar-refractivity contribution in [1.82, 2.24) is 10.3 Å². The van der Waals surface area contributed by atoms with Gasteiger partial charge in [-0.1, -0.05) is 39.0 Å². The van der Waals surface area contributed by atoms with Crippen molar-refractivity contribution in [3.8, 4) is 0 Å². The van der Waals surface area contributed by atoms with E-state index in [9.17, 15) is 4.79 Å². The van der Waals surface area contributed by atoms with Crippen LogP contribution in [-0.4, -0.2) is 17.4 Å². The van der Waals surface area contributed by atoms with Crippen molar-refractivity contribution in [2.45, 2.75) is 45.4 Å². The molecule has 1 rings (SSSR count). The molecule has 1 aromatic rings. The average molecular weight is 249 g/mol. The predicted molar refractivity (Wildman–Crippen MR) is 74.4 cm³/mol. The molecule has 0 atom stereocenters. The van der Waals surface area contributed by atoms with Gasteiger partial charge in [-0.05, 0) is 12.5 Å². The van der Waals surface area contributed by atoms with Gasteiger partial charge in [-0.25, -0.2) is 0 Å². The molecule has 1 aromatic heterocycles. The van der Waals surface area contributed by atoms with Crippen LogP contribution in [0.2, 0.25) is 0 Å². The number of amides is 1. The molecule has 0 aliphatic rings. The molecule has 3 N–H and O–H groups in total. The van der Waals surface area contributed by atoms with Gasteiger partial charge in [0.25, 0.3) is 5.91 Å². The van der Waals surface area contributed by atoms with Crippen molar-refractivity contribution in [2.24, 2.45) is 0 Å². The highest BCUT2D eigenvalue weighted by molar-refractivity contribution is 5.98. The maximum atomic E-state index is 11.8. The zero-order valence-corrected chi connectivity index (χ0v) is 11.1. The van der Waals surface area contributed by atoms with E-state index in [1.165, 1.54) is 38.3 Å². The van der Waals surface area contributed by atoms with Gasteiger partial charge >= 0.3 is 0 Å². The number of pyridine rings is 1. The monoisotopic (exact) mass is 249 g/mol. The topological polar surface area (TPSA) is 68.0 Å². The molecule has 0 spiro atoms. The third kappa shape index (κ3) is 5.17. The minimum atomic E-state index is -0.108. The second-order valence-corrected chi connectivity index (χ2v) is 4.49. The summed E-state index contributed by atoms with van der Waals surface area (Å²) in [6, 6.07) is 1.64.